The van der Waals surface area contributed by atoms with E-state index < -0.39 is 5.91 Å². The molecule has 0 fully saturated rings. The Bertz CT molecular complexity index is 1340. The highest BCUT2D eigenvalue weighted by Crippen LogP contribution is 2.24. The molecule has 0 spiro atoms. The molecular weight excluding hydrogens is 452 g/mol. The van der Waals surface area contributed by atoms with Crippen molar-refractivity contribution in [1.29, 1.82) is 5.26 Å². The molecule has 34 heavy (non-hydrogen) atoms. The van der Waals surface area contributed by atoms with Crippen LogP contribution in [0, 0.1) is 11.3 Å². The summed E-state index contributed by atoms with van der Waals surface area (Å²) >= 11 is 1.09. The fraction of sp³-hybridized carbons (Fsp3) is 0.280. The first-order valence-corrected chi connectivity index (χ1v) is 11.8. The van der Waals surface area contributed by atoms with Crippen LogP contribution in [0.2, 0.25) is 0 Å². The van der Waals surface area contributed by atoms with E-state index in [-0.39, 0.29) is 15.8 Å². The van der Waals surface area contributed by atoms with Crippen LogP contribution in [-0.2, 0) is 16.1 Å². The summed E-state index contributed by atoms with van der Waals surface area (Å²) in [5.74, 6) is -0.112. The predicted molar refractivity (Wildman–Crippen MR) is 132 cm³/mol. The first-order chi connectivity index (χ1) is 16.6. The normalized spacial score (nSPS) is 12.2. The number of carbonyl (C=O) groups excluding carboxylic acids is 1. The smallest absolute Gasteiger partial charge is 0.269 e. The third-order valence-electron chi connectivity index (χ3n) is 4.74. The number of thiazole rings is 1. The van der Waals surface area contributed by atoms with Gasteiger partial charge in [-0.1, -0.05) is 18.2 Å². The van der Waals surface area contributed by atoms with Crippen LogP contribution in [0.15, 0.2) is 53.5 Å². The van der Waals surface area contributed by atoms with Crippen molar-refractivity contribution in [1.82, 2.24) is 9.55 Å². The zero-order valence-corrected chi connectivity index (χ0v) is 19.9. The van der Waals surface area contributed by atoms with Crippen LogP contribution < -0.4 is 24.8 Å². The van der Waals surface area contributed by atoms with Crippen LogP contribution in [0.3, 0.4) is 0 Å². The van der Waals surface area contributed by atoms with Gasteiger partial charge in [-0.25, -0.2) is 0 Å². The SMILES string of the molecule is CCOCCCn1c(=O)/c(=C\c2ccccn2)s/c1=C(/C#N)C(=O)Nc1ccccc1OCC. The molecule has 0 aliphatic rings. The lowest BCUT2D eigenvalue weighted by Gasteiger charge is -2.11. The quantitative estimate of drug-likeness (QED) is 0.448. The number of hydrogen-bond acceptors (Lipinski definition) is 7. The summed E-state index contributed by atoms with van der Waals surface area (Å²) < 4.78 is 13.1. The molecule has 1 amide bonds. The Labute approximate surface area is 201 Å². The van der Waals surface area contributed by atoms with E-state index in [2.05, 4.69) is 10.3 Å². The molecule has 1 N–H and O–H groups in total. The fourth-order valence-corrected chi connectivity index (χ4v) is 4.32. The summed E-state index contributed by atoms with van der Waals surface area (Å²) in [7, 11) is 0. The Morgan fingerprint density at radius 1 is 1.21 bits per heavy atom. The number of hydrogen-bond donors (Lipinski definition) is 1. The molecular formula is C25H26N4O4S. The van der Waals surface area contributed by atoms with Gasteiger partial charge in [0, 0.05) is 26.0 Å². The van der Waals surface area contributed by atoms with E-state index in [0.29, 0.717) is 54.4 Å². The number of rotatable bonds is 10. The van der Waals surface area contributed by atoms with Crippen LogP contribution in [0.25, 0.3) is 11.6 Å². The number of nitriles is 1. The minimum atomic E-state index is -0.612. The van der Waals surface area contributed by atoms with Gasteiger partial charge < -0.3 is 14.8 Å². The molecule has 0 saturated carbocycles. The average molecular weight is 479 g/mol. The number of benzene rings is 1. The minimum absolute atomic E-state index is 0.148. The van der Waals surface area contributed by atoms with Gasteiger partial charge in [-0.3, -0.25) is 19.1 Å². The summed E-state index contributed by atoms with van der Waals surface area (Å²) in [6.45, 7) is 5.52. The molecule has 0 saturated heterocycles. The van der Waals surface area contributed by atoms with Crippen molar-refractivity contribution in [2.24, 2.45) is 0 Å². The van der Waals surface area contributed by atoms with E-state index in [1.54, 1.807) is 48.7 Å². The third-order valence-corrected chi connectivity index (χ3v) is 5.87. The number of ether oxygens (including phenoxy) is 2. The molecule has 3 rings (SSSR count). The largest absolute Gasteiger partial charge is 0.492 e. The van der Waals surface area contributed by atoms with Crippen LogP contribution in [0.4, 0.5) is 5.69 Å². The Morgan fingerprint density at radius 2 is 2.00 bits per heavy atom. The van der Waals surface area contributed by atoms with E-state index in [9.17, 15) is 14.9 Å². The number of para-hydroxylation sites is 2. The zero-order valence-electron chi connectivity index (χ0n) is 19.1. The average Bonchev–Trinajstić information content (AvgIpc) is 3.14. The van der Waals surface area contributed by atoms with Gasteiger partial charge in [0.1, 0.15) is 16.5 Å². The first-order valence-electron chi connectivity index (χ1n) is 11.0. The van der Waals surface area contributed by atoms with Crippen LogP contribution in [-0.4, -0.2) is 35.3 Å². The number of anilines is 1. The summed E-state index contributed by atoms with van der Waals surface area (Å²) in [6.07, 6.45) is 3.86. The van der Waals surface area contributed by atoms with Gasteiger partial charge >= 0.3 is 0 Å². The lowest BCUT2D eigenvalue weighted by molar-refractivity contribution is -0.111. The second-order valence-electron chi connectivity index (χ2n) is 7.05. The minimum Gasteiger partial charge on any atom is -0.492 e. The maximum absolute atomic E-state index is 13.2. The molecule has 0 atom stereocenters. The second-order valence-corrected chi connectivity index (χ2v) is 8.08. The molecule has 1 aromatic carbocycles. The monoisotopic (exact) mass is 478 g/mol. The number of carbonyl (C=O) groups is 1. The Hall–Kier alpha value is -3.74. The van der Waals surface area contributed by atoms with E-state index in [1.165, 1.54) is 4.57 Å². The van der Waals surface area contributed by atoms with Crippen molar-refractivity contribution in [2.45, 2.75) is 26.8 Å². The topological polar surface area (TPSA) is 106 Å². The van der Waals surface area contributed by atoms with Gasteiger partial charge in [0.25, 0.3) is 11.5 Å². The second kappa shape index (κ2) is 12.5. The highest BCUT2D eigenvalue weighted by Gasteiger charge is 2.17. The van der Waals surface area contributed by atoms with Crippen molar-refractivity contribution < 1.29 is 14.3 Å². The van der Waals surface area contributed by atoms with E-state index >= 15 is 0 Å². The van der Waals surface area contributed by atoms with Crippen molar-refractivity contribution in [3.05, 3.63) is 73.9 Å². The van der Waals surface area contributed by atoms with E-state index in [1.807, 2.05) is 26.0 Å². The summed E-state index contributed by atoms with van der Waals surface area (Å²) in [5, 5.41) is 12.6. The molecule has 9 heteroatoms. The Balaban J connectivity index is 2.09. The molecule has 176 valence electrons. The third kappa shape index (κ3) is 6.19. The van der Waals surface area contributed by atoms with Gasteiger partial charge in [-0.15, -0.1) is 11.3 Å². The summed E-state index contributed by atoms with van der Waals surface area (Å²) in [5.41, 5.74) is 0.634. The van der Waals surface area contributed by atoms with Crippen molar-refractivity contribution in [2.75, 3.05) is 25.1 Å². The van der Waals surface area contributed by atoms with Crippen LogP contribution in [0.1, 0.15) is 26.0 Å². The molecule has 0 bridgehead atoms. The van der Waals surface area contributed by atoms with Crippen molar-refractivity contribution in [3.63, 3.8) is 0 Å². The van der Waals surface area contributed by atoms with Gasteiger partial charge in [0.05, 0.1) is 22.5 Å². The van der Waals surface area contributed by atoms with Crippen molar-refractivity contribution >= 4 is 34.6 Å². The first kappa shape index (κ1) is 24.9. The molecule has 0 unspecified atom stereocenters. The fourth-order valence-electron chi connectivity index (χ4n) is 3.20. The highest BCUT2D eigenvalue weighted by molar-refractivity contribution is 7.07. The Morgan fingerprint density at radius 3 is 2.71 bits per heavy atom. The lowest BCUT2D eigenvalue weighted by atomic mass is 10.2. The number of aromatic nitrogens is 2. The van der Waals surface area contributed by atoms with Gasteiger partial charge in [0.15, 0.2) is 5.57 Å². The summed E-state index contributed by atoms with van der Waals surface area (Å²) in [4.78, 5) is 30.6. The highest BCUT2D eigenvalue weighted by atomic mass is 32.1. The van der Waals surface area contributed by atoms with E-state index in [4.69, 9.17) is 9.47 Å². The van der Waals surface area contributed by atoms with Crippen molar-refractivity contribution in [3.8, 4) is 11.8 Å². The molecule has 3 aromatic rings. The molecule has 0 radical (unpaired) electrons. The zero-order chi connectivity index (χ0) is 24.3. The van der Waals surface area contributed by atoms with Gasteiger partial charge in [-0.05, 0) is 50.6 Å². The molecule has 0 aliphatic heterocycles. The van der Waals surface area contributed by atoms with E-state index in [0.717, 1.165) is 11.3 Å². The summed E-state index contributed by atoms with van der Waals surface area (Å²) in [6, 6.07) is 14.4. The Kier molecular flexibility index (Phi) is 9.14. The number of nitrogens with one attached hydrogen (secondary N) is 1. The maximum atomic E-state index is 13.2. The molecule has 2 heterocycles. The molecule has 8 nitrogen and oxygen atoms in total. The van der Waals surface area contributed by atoms with Gasteiger partial charge in [-0.2, -0.15) is 5.26 Å². The standard InChI is InChI=1S/C25H26N4O4S/c1-3-32-15-9-14-29-24(31)22(16-18-10-7-8-13-27-18)34-25(29)19(17-26)23(30)28-20-11-5-6-12-21(20)33-4-2/h5-8,10-13,16H,3-4,9,14-15H2,1-2H3,(H,28,30)/b22-16+,25-19-. The maximum Gasteiger partial charge on any atom is 0.269 e. The molecule has 2 aromatic heterocycles. The molecule has 0 aliphatic carbocycles. The number of amides is 1. The number of pyridine rings is 1. The van der Waals surface area contributed by atoms with Crippen LogP contribution >= 0.6 is 11.3 Å². The van der Waals surface area contributed by atoms with Crippen LogP contribution in [0.5, 0.6) is 5.75 Å². The van der Waals surface area contributed by atoms with Gasteiger partial charge in [0.2, 0.25) is 0 Å². The number of nitrogens with zero attached hydrogens (tertiary/aromatic N) is 3. The lowest BCUT2D eigenvalue weighted by Crippen LogP contribution is -2.34. The predicted octanol–water partition coefficient (Wildman–Crippen LogP) is 2.27.